The average Bonchev–Trinajstić information content (AvgIpc) is 2.46. The molecule has 1 aliphatic heterocycles. The molecule has 1 N–H and O–H groups in total. The SMILES string of the molecule is CC(=O)N[C@@H]1CCCN([C@@H](C)c2cc([N+](=O)[O-])ccc2C)C1. The van der Waals surface area contributed by atoms with Gasteiger partial charge in [0.05, 0.1) is 4.92 Å². The number of hydrogen-bond acceptors (Lipinski definition) is 4. The van der Waals surface area contributed by atoms with Crippen molar-refractivity contribution in [3.05, 3.63) is 39.4 Å². The molecule has 1 saturated heterocycles. The molecule has 0 bridgehead atoms. The predicted octanol–water partition coefficient (Wildman–Crippen LogP) is 2.56. The summed E-state index contributed by atoms with van der Waals surface area (Å²) in [6.45, 7) is 7.31. The van der Waals surface area contributed by atoms with Gasteiger partial charge in [-0.25, -0.2) is 0 Å². The Kier molecular flexibility index (Phi) is 5.13. The number of rotatable bonds is 4. The van der Waals surface area contributed by atoms with E-state index in [0.29, 0.717) is 0 Å². The van der Waals surface area contributed by atoms with Gasteiger partial charge in [-0.3, -0.25) is 19.8 Å². The average molecular weight is 305 g/mol. The number of benzene rings is 1. The standard InChI is InChI=1S/C16H23N3O3/c1-11-6-7-15(19(21)22)9-16(11)12(2)18-8-4-5-14(10-18)17-13(3)20/h6-7,9,12,14H,4-5,8,10H2,1-3H3,(H,17,20)/t12-,14+/m0/s1. The van der Waals surface area contributed by atoms with E-state index >= 15 is 0 Å². The molecule has 6 nitrogen and oxygen atoms in total. The zero-order valence-electron chi connectivity index (χ0n) is 13.3. The molecule has 0 saturated carbocycles. The number of amides is 1. The van der Waals surface area contributed by atoms with Gasteiger partial charge >= 0.3 is 0 Å². The van der Waals surface area contributed by atoms with Gasteiger partial charge in [0.2, 0.25) is 5.91 Å². The summed E-state index contributed by atoms with van der Waals surface area (Å²) in [5, 5.41) is 14.0. The maximum Gasteiger partial charge on any atom is 0.269 e. The van der Waals surface area contributed by atoms with Gasteiger partial charge in [0.25, 0.3) is 5.69 Å². The van der Waals surface area contributed by atoms with Gasteiger partial charge in [-0.1, -0.05) is 6.07 Å². The quantitative estimate of drug-likeness (QED) is 0.685. The molecule has 0 aliphatic carbocycles. The van der Waals surface area contributed by atoms with Crippen LogP contribution >= 0.6 is 0 Å². The van der Waals surface area contributed by atoms with Crippen LogP contribution in [0.3, 0.4) is 0 Å². The Labute approximate surface area is 130 Å². The summed E-state index contributed by atoms with van der Waals surface area (Å²) in [5.41, 5.74) is 2.17. The number of nitrogens with one attached hydrogen (secondary N) is 1. The van der Waals surface area contributed by atoms with Crippen molar-refractivity contribution in [2.24, 2.45) is 0 Å². The number of carbonyl (C=O) groups is 1. The van der Waals surface area contributed by atoms with Crippen molar-refractivity contribution < 1.29 is 9.72 Å². The molecule has 2 atom stereocenters. The molecule has 1 heterocycles. The number of nitro benzene ring substituents is 1. The summed E-state index contributed by atoms with van der Waals surface area (Å²) in [6, 6.07) is 5.27. The van der Waals surface area contributed by atoms with Crippen molar-refractivity contribution in [3.8, 4) is 0 Å². The summed E-state index contributed by atoms with van der Waals surface area (Å²) in [6.07, 6.45) is 2.00. The lowest BCUT2D eigenvalue weighted by Gasteiger charge is -2.37. The number of hydrogen-bond donors (Lipinski definition) is 1. The maximum absolute atomic E-state index is 11.2. The van der Waals surface area contributed by atoms with Crippen molar-refractivity contribution >= 4 is 11.6 Å². The molecule has 6 heteroatoms. The molecular weight excluding hydrogens is 282 g/mol. The van der Waals surface area contributed by atoms with E-state index in [1.807, 2.05) is 6.92 Å². The van der Waals surface area contributed by atoms with Crippen LogP contribution in [0.15, 0.2) is 18.2 Å². The fraction of sp³-hybridized carbons (Fsp3) is 0.562. The third-order valence-corrected chi connectivity index (χ3v) is 4.33. The first kappa shape index (κ1) is 16.4. The second kappa shape index (κ2) is 6.87. The van der Waals surface area contributed by atoms with Crippen LogP contribution < -0.4 is 5.32 Å². The van der Waals surface area contributed by atoms with Crippen molar-refractivity contribution in [2.75, 3.05) is 13.1 Å². The summed E-state index contributed by atoms with van der Waals surface area (Å²) in [5.74, 6) is -0.00830. The molecule has 120 valence electrons. The summed E-state index contributed by atoms with van der Waals surface area (Å²) >= 11 is 0. The van der Waals surface area contributed by atoms with E-state index in [-0.39, 0.29) is 28.6 Å². The van der Waals surface area contributed by atoms with E-state index in [1.165, 1.54) is 6.92 Å². The molecular formula is C16H23N3O3. The highest BCUT2D eigenvalue weighted by atomic mass is 16.6. The number of nitrogens with zero attached hydrogens (tertiary/aromatic N) is 2. The molecule has 1 aliphatic rings. The lowest BCUT2D eigenvalue weighted by molar-refractivity contribution is -0.385. The second-order valence-electron chi connectivity index (χ2n) is 6.01. The molecule has 0 radical (unpaired) electrons. The predicted molar refractivity (Wildman–Crippen MR) is 84.7 cm³/mol. The summed E-state index contributed by atoms with van der Waals surface area (Å²) in [4.78, 5) is 24.1. The molecule has 1 aromatic rings. The molecule has 2 rings (SSSR count). The molecule has 1 amide bonds. The highest BCUT2D eigenvalue weighted by Gasteiger charge is 2.26. The Morgan fingerprint density at radius 3 is 2.86 bits per heavy atom. The van der Waals surface area contributed by atoms with Gasteiger partial charge < -0.3 is 5.32 Å². The third kappa shape index (κ3) is 3.82. The first-order chi connectivity index (χ1) is 10.4. The number of aryl methyl sites for hydroxylation is 1. The highest BCUT2D eigenvalue weighted by Crippen LogP contribution is 2.29. The monoisotopic (exact) mass is 305 g/mol. The van der Waals surface area contributed by atoms with Crippen LogP contribution in [0.4, 0.5) is 5.69 Å². The molecule has 22 heavy (non-hydrogen) atoms. The third-order valence-electron chi connectivity index (χ3n) is 4.33. The highest BCUT2D eigenvalue weighted by molar-refractivity contribution is 5.73. The summed E-state index contributed by atoms with van der Waals surface area (Å²) in [7, 11) is 0. The van der Waals surface area contributed by atoms with Gasteiger partial charge in [-0.2, -0.15) is 0 Å². The minimum atomic E-state index is -0.355. The number of likely N-dealkylation sites (tertiary alicyclic amines) is 1. The van der Waals surface area contributed by atoms with Gasteiger partial charge in [-0.15, -0.1) is 0 Å². The van der Waals surface area contributed by atoms with Crippen LogP contribution in [-0.2, 0) is 4.79 Å². The Morgan fingerprint density at radius 2 is 2.23 bits per heavy atom. The van der Waals surface area contributed by atoms with Crippen molar-refractivity contribution in [1.29, 1.82) is 0 Å². The fourth-order valence-electron chi connectivity index (χ4n) is 3.15. The molecule has 1 fully saturated rings. The molecule has 1 aromatic carbocycles. The largest absolute Gasteiger partial charge is 0.352 e. The van der Waals surface area contributed by atoms with Gasteiger partial charge in [0.15, 0.2) is 0 Å². The minimum absolute atomic E-state index is 0.00830. The lowest BCUT2D eigenvalue weighted by Crippen LogP contribution is -2.47. The summed E-state index contributed by atoms with van der Waals surface area (Å²) < 4.78 is 0. The molecule has 0 aromatic heterocycles. The normalized spacial score (nSPS) is 20.4. The van der Waals surface area contributed by atoms with E-state index in [0.717, 1.165) is 37.1 Å². The zero-order chi connectivity index (χ0) is 16.3. The Hall–Kier alpha value is -1.95. The van der Waals surface area contributed by atoms with Gasteiger partial charge in [0, 0.05) is 37.7 Å². The van der Waals surface area contributed by atoms with Crippen LogP contribution in [0.1, 0.15) is 43.9 Å². The number of carbonyl (C=O) groups excluding carboxylic acids is 1. The molecule has 0 spiro atoms. The van der Waals surface area contributed by atoms with Crippen LogP contribution in [0.25, 0.3) is 0 Å². The second-order valence-corrected chi connectivity index (χ2v) is 6.01. The zero-order valence-corrected chi connectivity index (χ0v) is 13.3. The van der Waals surface area contributed by atoms with Gasteiger partial charge in [0.1, 0.15) is 0 Å². The van der Waals surface area contributed by atoms with E-state index in [9.17, 15) is 14.9 Å². The van der Waals surface area contributed by atoms with Crippen LogP contribution in [0.2, 0.25) is 0 Å². The maximum atomic E-state index is 11.2. The molecule has 0 unspecified atom stereocenters. The van der Waals surface area contributed by atoms with E-state index in [4.69, 9.17) is 0 Å². The van der Waals surface area contributed by atoms with Crippen LogP contribution in [0.5, 0.6) is 0 Å². The Bertz CT molecular complexity index is 574. The lowest BCUT2D eigenvalue weighted by atomic mass is 9.97. The first-order valence-corrected chi connectivity index (χ1v) is 7.64. The topological polar surface area (TPSA) is 75.5 Å². The minimum Gasteiger partial charge on any atom is -0.352 e. The van der Waals surface area contributed by atoms with Crippen molar-refractivity contribution in [1.82, 2.24) is 10.2 Å². The van der Waals surface area contributed by atoms with E-state index in [1.54, 1.807) is 18.2 Å². The number of non-ortho nitro benzene ring substituents is 1. The van der Waals surface area contributed by atoms with Crippen molar-refractivity contribution in [3.63, 3.8) is 0 Å². The number of piperidine rings is 1. The Morgan fingerprint density at radius 1 is 1.50 bits per heavy atom. The first-order valence-electron chi connectivity index (χ1n) is 7.64. The van der Waals surface area contributed by atoms with Crippen LogP contribution in [0, 0.1) is 17.0 Å². The van der Waals surface area contributed by atoms with Crippen molar-refractivity contribution in [2.45, 2.75) is 45.7 Å². The van der Waals surface area contributed by atoms with E-state index < -0.39 is 0 Å². The van der Waals surface area contributed by atoms with E-state index in [2.05, 4.69) is 17.1 Å². The smallest absolute Gasteiger partial charge is 0.269 e. The fourth-order valence-corrected chi connectivity index (χ4v) is 3.15. The van der Waals surface area contributed by atoms with Gasteiger partial charge in [-0.05, 0) is 44.4 Å². The van der Waals surface area contributed by atoms with Crippen LogP contribution in [-0.4, -0.2) is 34.9 Å². The number of nitro groups is 1. The Balaban J connectivity index is 2.16.